The van der Waals surface area contributed by atoms with Crippen molar-refractivity contribution in [1.82, 2.24) is 9.78 Å². The van der Waals surface area contributed by atoms with Gasteiger partial charge < -0.3 is 10.6 Å². The molecule has 2 amide bonds. The van der Waals surface area contributed by atoms with Crippen LogP contribution in [0.4, 0.5) is 24.7 Å². The number of carbonyl (C=O) groups is 2. The summed E-state index contributed by atoms with van der Waals surface area (Å²) in [4.78, 5) is 25.1. The van der Waals surface area contributed by atoms with Crippen LogP contribution in [0, 0.1) is 0 Å². The molecule has 1 unspecified atom stereocenters. The molecule has 166 valence electrons. The summed E-state index contributed by atoms with van der Waals surface area (Å²) in [6, 6.07) is 11.6. The van der Waals surface area contributed by atoms with E-state index in [1.807, 2.05) is 37.3 Å². The number of aromatic nitrogens is 2. The number of hydrogen-bond donors (Lipinski definition) is 2. The average molecular weight is 463 g/mol. The number of fused-ring (bicyclic) bond motifs is 1. The van der Waals surface area contributed by atoms with E-state index >= 15 is 0 Å². The van der Waals surface area contributed by atoms with E-state index < -0.39 is 34.6 Å². The van der Waals surface area contributed by atoms with Crippen LogP contribution in [0.1, 0.15) is 30.6 Å². The fourth-order valence-corrected chi connectivity index (χ4v) is 3.91. The zero-order valence-electron chi connectivity index (χ0n) is 16.8. The van der Waals surface area contributed by atoms with Crippen molar-refractivity contribution in [2.75, 3.05) is 10.6 Å². The molecule has 0 aliphatic carbocycles. The number of rotatable bonds is 5. The summed E-state index contributed by atoms with van der Waals surface area (Å²) in [6.45, 7) is 1.94. The van der Waals surface area contributed by atoms with Crippen LogP contribution >= 0.6 is 11.6 Å². The lowest BCUT2D eigenvalue weighted by molar-refractivity contribution is -0.137. The molecule has 2 aromatic carbocycles. The van der Waals surface area contributed by atoms with Crippen LogP contribution in [-0.2, 0) is 22.2 Å². The number of nitrogens with one attached hydrogen (secondary N) is 2. The van der Waals surface area contributed by atoms with E-state index in [-0.39, 0.29) is 12.1 Å². The Bertz CT molecular complexity index is 1190. The summed E-state index contributed by atoms with van der Waals surface area (Å²) in [5, 5.41) is 9.26. The molecule has 0 radical (unpaired) electrons. The summed E-state index contributed by atoms with van der Waals surface area (Å²) in [6.07, 6.45) is -4.33. The highest BCUT2D eigenvalue weighted by molar-refractivity contribution is 6.31. The Kier molecular flexibility index (Phi) is 5.68. The van der Waals surface area contributed by atoms with Gasteiger partial charge in [0.05, 0.1) is 22.7 Å². The number of halogens is 4. The summed E-state index contributed by atoms with van der Waals surface area (Å²) in [5.41, 5.74) is 1.33. The van der Waals surface area contributed by atoms with Crippen molar-refractivity contribution in [3.05, 3.63) is 64.8 Å². The minimum absolute atomic E-state index is 0.0648. The van der Waals surface area contributed by atoms with Crippen molar-refractivity contribution in [3.63, 3.8) is 0 Å². The van der Waals surface area contributed by atoms with Crippen molar-refractivity contribution in [3.8, 4) is 11.1 Å². The Balaban J connectivity index is 1.58. The van der Waals surface area contributed by atoms with Gasteiger partial charge in [-0.25, -0.2) is 4.68 Å². The number of carbonyl (C=O) groups excluding carboxylic acids is 2. The van der Waals surface area contributed by atoms with Crippen LogP contribution in [0.5, 0.6) is 0 Å². The molecule has 6 nitrogen and oxygen atoms in total. The van der Waals surface area contributed by atoms with Crippen LogP contribution in [0.2, 0.25) is 5.02 Å². The molecular weight excluding hydrogens is 445 g/mol. The number of alkyl halides is 3. The van der Waals surface area contributed by atoms with E-state index in [0.29, 0.717) is 12.2 Å². The van der Waals surface area contributed by atoms with Crippen LogP contribution in [0.15, 0.2) is 48.5 Å². The Morgan fingerprint density at radius 2 is 1.94 bits per heavy atom. The molecule has 1 aromatic heterocycles. The van der Waals surface area contributed by atoms with Crippen molar-refractivity contribution in [2.24, 2.45) is 0 Å². The number of benzene rings is 2. The monoisotopic (exact) mass is 462 g/mol. The Morgan fingerprint density at radius 1 is 1.22 bits per heavy atom. The number of nitrogens with zero attached hydrogens (tertiary/aromatic N) is 2. The lowest BCUT2D eigenvalue weighted by Crippen LogP contribution is -2.24. The smallest absolute Gasteiger partial charge is 0.326 e. The summed E-state index contributed by atoms with van der Waals surface area (Å²) < 4.78 is 40.7. The van der Waals surface area contributed by atoms with Crippen molar-refractivity contribution in [2.45, 2.75) is 32.0 Å². The third kappa shape index (κ3) is 4.08. The minimum atomic E-state index is -4.66. The molecule has 0 fully saturated rings. The zero-order chi connectivity index (χ0) is 23.0. The predicted octanol–water partition coefficient (Wildman–Crippen LogP) is 5.31. The lowest BCUT2D eigenvalue weighted by atomic mass is 10.0. The molecule has 1 aliphatic rings. The van der Waals surface area contributed by atoms with Gasteiger partial charge in [0.1, 0.15) is 11.9 Å². The molecule has 4 rings (SSSR count). The number of anilines is 2. The molecule has 2 heterocycles. The maximum atomic E-state index is 13.1. The molecule has 1 aliphatic heterocycles. The average Bonchev–Trinajstić information content (AvgIpc) is 3.24. The second-order valence-electron chi connectivity index (χ2n) is 7.28. The highest BCUT2D eigenvalue weighted by Crippen LogP contribution is 2.39. The molecule has 1 atom stereocenters. The fraction of sp³-hybridized carbons (Fsp3) is 0.227. The highest BCUT2D eigenvalue weighted by atomic mass is 35.5. The molecule has 0 spiro atoms. The summed E-state index contributed by atoms with van der Waals surface area (Å²) in [5.74, 6) is -0.528. The second-order valence-corrected chi connectivity index (χ2v) is 7.69. The van der Waals surface area contributed by atoms with Crippen LogP contribution in [0.3, 0.4) is 0 Å². The van der Waals surface area contributed by atoms with Gasteiger partial charge in [0, 0.05) is 11.3 Å². The van der Waals surface area contributed by atoms with E-state index in [9.17, 15) is 22.8 Å². The Morgan fingerprint density at radius 3 is 2.59 bits per heavy atom. The van der Waals surface area contributed by atoms with Gasteiger partial charge in [-0.1, -0.05) is 48.9 Å². The minimum Gasteiger partial charge on any atom is -0.326 e. The number of aryl methyl sites for hydroxylation is 1. The van der Waals surface area contributed by atoms with Crippen molar-refractivity contribution >= 4 is 34.9 Å². The van der Waals surface area contributed by atoms with Crippen molar-refractivity contribution in [1.29, 1.82) is 0 Å². The zero-order valence-corrected chi connectivity index (χ0v) is 17.6. The maximum absolute atomic E-state index is 13.1. The van der Waals surface area contributed by atoms with E-state index in [1.165, 1.54) is 10.7 Å². The molecule has 10 heteroatoms. The van der Waals surface area contributed by atoms with Crippen LogP contribution in [0.25, 0.3) is 11.1 Å². The highest BCUT2D eigenvalue weighted by Gasteiger charge is 2.37. The summed E-state index contributed by atoms with van der Waals surface area (Å²) in [7, 11) is 0. The topological polar surface area (TPSA) is 76.0 Å². The number of hydrogen-bond acceptors (Lipinski definition) is 3. The van der Waals surface area contributed by atoms with Gasteiger partial charge in [-0.15, -0.1) is 0 Å². The molecule has 3 aromatic rings. The molecule has 0 saturated heterocycles. The van der Waals surface area contributed by atoms with Gasteiger partial charge in [-0.2, -0.15) is 18.3 Å². The first kappa shape index (κ1) is 21.9. The first-order valence-electron chi connectivity index (χ1n) is 9.83. The molecule has 0 bridgehead atoms. The third-order valence-electron chi connectivity index (χ3n) is 5.15. The van der Waals surface area contributed by atoms with Crippen molar-refractivity contribution < 1.29 is 22.8 Å². The van der Waals surface area contributed by atoms with Gasteiger partial charge >= 0.3 is 6.18 Å². The first-order valence-corrected chi connectivity index (χ1v) is 10.2. The normalized spacial score (nSPS) is 15.4. The van der Waals surface area contributed by atoms with E-state index in [4.69, 9.17) is 11.6 Å². The maximum Gasteiger partial charge on any atom is 0.417 e. The molecule has 2 N–H and O–H groups in total. The predicted molar refractivity (Wildman–Crippen MR) is 114 cm³/mol. The first-order chi connectivity index (χ1) is 15.2. The number of amides is 2. The Hall–Kier alpha value is -3.33. The van der Waals surface area contributed by atoms with Gasteiger partial charge in [0.2, 0.25) is 5.91 Å². The molecular formula is C22H18ClF3N4O2. The summed E-state index contributed by atoms with van der Waals surface area (Å²) >= 11 is 5.61. The SMILES string of the molecule is CCc1nn2c(c1-c1ccccc1)NC(=O)C2CC(=O)Nc1ccc(Cl)c(C(F)(F)F)c1. The van der Waals surface area contributed by atoms with Gasteiger partial charge in [-0.3, -0.25) is 9.59 Å². The molecule has 0 saturated carbocycles. The third-order valence-corrected chi connectivity index (χ3v) is 5.48. The van der Waals surface area contributed by atoms with E-state index in [2.05, 4.69) is 15.7 Å². The van der Waals surface area contributed by atoms with E-state index in [0.717, 1.165) is 29.0 Å². The van der Waals surface area contributed by atoms with Crippen LogP contribution < -0.4 is 10.6 Å². The van der Waals surface area contributed by atoms with Gasteiger partial charge in [0.25, 0.3) is 5.91 Å². The Labute approximate surface area is 186 Å². The van der Waals surface area contributed by atoms with Gasteiger partial charge in [0.15, 0.2) is 0 Å². The van der Waals surface area contributed by atoms with Gasteiger partial charge in [-0.05, 0) is 30.2 Å². The largest absolute Gasteiger partial charge is 0.417 e. The fourth-order valence-electron chi connectivity index (χ4n) is 3.68. The lowest BCUT2D eigenvalue weighted by Gasteiger charge is -2.13. The quantitative estimate of drug-likeness (QED) is 0.539. The molecule has 32 heavy (non-hydrogen) atoms. The van der Waals surface area contributed by atoms with E-state index in [1.54, 1.807) is 0 Å². The second kappa shape index (κ2) is 8.31. The standard InChI is InChI=1S/C22H18ClF3N4O2/c1-2-16-19(12-6-4-3-5-7-12)20-28-21(32)17(30(20)29-16)11-18(31)27-13-8-9-15(23)14(10-13)22(24,25)26/h3-10,17H,2,11H2,1H3,(H,27,31)(H,28,32). The van der Waals surface area contributed by atoms with Crippen LogP contribution in [-0.4, -0.2) is 21.6 Å².